The minimum atomic E-state index is -0.807. The van der Waals surface area contributed by atoms with Crippen molar-refractivity contribution in [3.63, 3.8) is 0 Å². The number of hydrogen-bond donors (Lipinski definition) is 1. The second kappa shape index (κ2) is 6.34. The van der Waals surface area contributed by atoms with Crippen LogP contribution in [0.3, 0.4) is 0 Å². The monoisotopic (exact) mass is 257 g/mol. The number of thioether (sulfide) groups is 1. The van der Waals surface area contributed by atoms with Gasteiger partial charge in [-0.1, -0.05) is 6.92 Å². The van der Waals surface area contributed by atoms with E-state index in [4.69, 9.17) is 14.6 Å². The summed E-state index contributed by atoms with van der Waals surface area (Å²) in [5.74, 6) is 0.154. The van der Waals surface area contributed by atoms with Crippen molar-refractivity contribution in [1.82, 2.24) is 4.98 Å². The zero-order chi connectivity index (χ0) is 12.8. The summed E-state index contributed by atoms with van der Waals surface area (Å²) >= 11 is 1.44. The van der Waals surface area contributed by atoms with Gasteiger partial charge < -0.3 is 14.6 Å². The predicted molar refractivity (Wildman–Crippen MR) is 64.9 cm³/mol. The molecule has 0 bridgehead atoms. The maximum atomic E-state index is 10.5. The molecule has 1 atom stereocenters. The van der Waals surface area contributed by atoms with Crippen molar-refractivity contribution in [1.29, 1.82) is 0 Å². The lowest BCUT2D eigenvalue weighted by Gasteiger charge is -2.11. The molecule has 0 aliphatic heterocycles. The lowest BCUT2D eigenvalue weighted by molar-refractivity contribution is -0.136. The number of rotatable bonds is 6. The molecular formula is C11H15NO4S. The number of aliphatic carboxylic acids is 1. The molecule has 1 aromatic rings. The summed E-state index contributed by atoms with van der Waals surface area (Å²) < 4.78 is 10.1. The summed E-state index contributed by atoms with van der Waals surface area (Å²) in [5.41, 5.74) is 0. The lowest BCUT2D eigenvalue weighted by atomic mass is 10.3. The maximum absolute atomic E-state index is 10.5. The molecule has 5 nitrogen and oxygen atoms in total. The van der Waals surface area contributed by atoms with Gasteiger partial charge in [0.2, 0.25) is 0 Å². The molecule has 0 aliphatic rings. The first-order valence-corrected chi connectivity index (χ1v) is 5.91. The van der Waals surface area contributed by atoms with Gasteiger partial charge in [-0.25, -0.2) is 4.98 Å². The molecule has 0 aromatic carbocycles. The Morgan fingerprint density at radius 2 is 2.24 bits per heavy atom. The van der Waals surface area contributed by atoms with Crippen LogP contribution in [0.25, 0.3) is 0 Å². The summed E-state index contributed by atoms with van der Waals surface area (Å²) in [4.78, 5) is 15.5. The van der Waals surface area contributed by atoms with E-state index >= 15 is 0 Å². The van der Waals surface area contributed by atoms with E-state index in [0.29, 0.717) is 11.6 Å². The molecule has 6 heteroatoms. The normalized spacial score (nSPS) is 11.9. The van der Waals surface area contributed by atoms with Gasteiger partial charge in [0.15, 0.2) is 5.75 Å². The molecule has 1 rings (SSSR count). The Bertz CT molecular complexity index is 397. The minimum absolute atomic E-state index is 0.0209. The number of pyridine rings is 1. The van der Waals surface area contributed by atoms with E-state index in [1.165, 1.54) is 26.0 Å². The highest BCUT2D eigenvalue weighted by Crippen LogP contribution is 2.31. The van der Waals surface area contributed by atoms with Gasteiger partial charge in [0.25, 0.3) is 5.88 Å². The van der Waals surface area contributed by atoms with Crippen molar-refractivity contribution < 1.29 is 19.4 Å². The van der Waals surface area contributed by atoms with Gasteiger partial charge in [-0.3, -0.25) is 4.79 Å². The van der Waals surface area contributed by atoms with Crippen molar-refractivity contribution in [3.8, 4) is 11.6 Å². The first-order valence-electron chi connectivity index (χ1n) is 5.03. The average Bonchev–Trinajstić information content (AvgIpc) is 2.27. The van der Waals surface area contributed by atoms with E-state index in [0.717, 1.165) is 4.90 Å². The summed E-state index contributed by atoms with van der Waals surface area (Å²) in [6.07, 6.45) is 1.75. The van der Waals surface area contributed by atoms with Gasteiger partial charge >= 0.3 is 5.97 Å². The van der Waals surface area contributed by atoms with E-state index in [2.05, 4.69) is 4.98 Å². The highest BCUT2D eigenvalue weighted by Gasteiger charge is 2.12. The van der Waals surface area contributed by atoms with E-state index in [-0.39, 0.29) is 11.7 Å². The smallest absolute Gasteiger partial charge is 0.304 e. The Hall–Kier alpha value is -1.43. The van der Waals surface area contributed by atoms with Crippen molar-refractivity contribution in [2.45, 2.75) is 23.5 Å². The maximum Gasteiger partial charge on any atom is 0.304 e. The second-order valence-electron chi connectivity index (χ2n) is 3.41. The standard InChI is InChI=1S/C11H15NO4S/c1-7(4-10(13)14)17-8-5-9(15-2)11(16-3)12-6-8/h5-7H,4H2,1-3H3,(H,13,14). The third-order valence-corrected chi connectivity index (χ3v) is 3.07. The van der Waals surface area contributed by atoms with Gasteiger partial charge in [-0.05, 0) is 0 Å². The van der Waals surface area contributed by atoms with Gasteiger partial charge in [0.05, 0.1) is 20.6 Å². The SMILES string of the molecule is COc1cc(SC(C)CC(=O)O)cnc1OC. The van der Waals surface area contributed by atoms with Crippen molar-refractivity contribution in [2.75, 3.05) is 14.2 Å². The van der Waals surface area contributed by atoms with Crippen molar-refractivity contribution >= 4 is 17.7 Å². The van der Waals surface area contributed by atoms with Crippen LogP contribution in [-0.2, 0) is 4.79 Å². The third-order valence-electron chi connectivity index (χ3n) is 2.01. The summed E-state index contributed by atoms with van der Waals surface area (Å²) in [6, 6.07) is 1.79. The fourth-order valence-corrected chi connectivity index (χ4v) is 2.28. The molecule has 1 N–H and O–H groups in total. The number of carboxylic acid groups (broad SMARTS) is 1. The molecular weight excluding hydrogens is 242 g/mol. The van der Waals surface area contributed by atoms with E-state index in [1.54, 1.807) is 12.3 Å². The molecule has 0 amide bonds. The van der Waals surface area contributed by atoms with Crippen LogP contribution in [0.4, 0.5) is 0 Å². The van der Waals surface area contributed by atoms with Crippen LogP contribution >= 0.6 is 11.8 Å². The van der Waals surface area contributed by atoms with Gasteiger partial charge in [-0.15, -0.1) is 11.8 Å². The number of hydrogen-bond acceptors (Lipinski definition) is 5. The van der Waals surface area contributed by atoms with Crippen LogP contribution in [0.2, 0.25) is 0 Å². The van der Waals surface area contributed by atoms with Crippen molar-refractivity contribution in [3.05, 3.63) is 12.3 Å². The Morgan fingerprint density at radius 1 is 1.53 bits per heavy atom. The first-order chi connectivity index (χ1) is 8.06. The topological polar surface area (TPSA) is 68.7 Å². The molecule has 0 radical (unpaired) electrons. The first kappa shape index (κ1) is 13.6. The number of ether oxygens (including phenoxy) is 2. The zero-order valence-electron chi connectivity index (χ0n) is 9.97. The van der Waals surface area contributed by atoms with Crippen molar-refractivity contribution in [2.24, 2.45) is 0 Å². The third kappa shape index (κ3) is 4.14. The predicted octanol–water partition coefficient (Wildman–Crippen LogP) is 2.05. The van der Waals surface area contributed by atoms with Crippen LogP contribution in [0.15, 0.2) is 17.2 Å². The van der Waals surface area contributed by atoms with E-state index in [1.807, 2.05) is 6.92 Å². The number of carbonyl (C=O) groups is 1. The van der Waals surface area contributed by atoms with Crippen LogP contribution in [-0.4, -0.2) is 35.5 Å². The molecule has 0 aliphatic carbocycles. The second-order valence-corrected chi connectivity index (χ2v) is 4.92. The zero-order valence-corrected chi connectivity index (χ0v) is 10.8. The van der Waals surface area contributed by atoms with Crippen LogP contribution in [0.5, 0.6) is 11.6 Å². The molecule has 17 heavy (non-hydrogen) atoms. The molecule has 0 fully saturated rings. The molecule has 0 saturated heterocycles. The van der Waals surface area contributed by atoms with Crippen LogP contribution < -0.4 is 9.47 Å². The van der Waals surface area contributed by atoms with E-state index in [9.17, 15) is 4.79 Å². The lowest BCUT2D eigenvalue weighted by Crippen LogP contribution is -2.05. The summed E-state index contributed by atoms with van der Waals surface area (Å²) in [6.45, 7) is 1.86. The number of carboxylic acids is 1. The highest BCUT2D eigenvalue weighted by atomic mass is 32.2. The van der Waals surface area contributed by atoms with Gasteiger partial charge in [0.1, 0.15) is 0 Å². The molecule has 94 valence electrons. The Balaban J connectivity index is 2.75. The minimum Gasteiger partial charge on any atom is -0.491 e. The molecule has 1 unspecified atom stereocenters. The number of aromatic nitrogens is 1. The molecule has 0 spiro atoms. The quantitative estimate of drug-likeness (QED) is 0.787. The molecule has 1 aromatic heterocycles. The van der Waals surface area contributed by atoms with E-state index < -0.39 is 5.97 Å². The Morgan fingerprint density at radius 3 is 2.76 bits per heavy atom. The van der Waals surface area contributed by atoms with Gasteiger partial charge in [0, 0.05) is 22.4 Å². The van der Waals surface area contributed by atoms with Crippen LogP contribution in [0.1, 0.15) is 13.3 Å². The summed E-state index contributed by atoms with van der Waals surface area (Å²) in [7, 11) is 3.05. The fourth-order valence-electron chi connectivity index (χ4n) is 1.30. The largest absolute Gasteiger partial charge is 0.491 e. The molecule has 1 heterocycles. The highest BCUT2D eigenvalue weighted by molar-refractivity contribution is 8.00. The molecule has 0 saturated carbocycles. The Kier molecular flexibility index (Phi) is 5.09. The summed E-state index contributed by atoms with van der Waals surface area (Å²) in [5, 5.41) is 8.65. The number of methoxy groups -OCH3 is 2. The average molecular weight is 257 g/mol. The van der Waals surface area contributed by atoms with Crippen LogP contribution in [0, 0.1) is 0 Å². The fraction of sp³-hybridized carbons (Fsp3) is 0.455. The Labute approximate surface area is 104 Å². The number of nitrogens with zero attached hydrogens (tertiary/aromatic N) is 1. The van der Waals surface area contributed by atoms with Gasteiger partial charge in [-0.2, -0.15) is 0 Å².